The fraction of sp³-hybridized carbons (Fsp3) is 0.467. The van der Waals surface area contributed by atoms with Gasteiger partial charge in [0.2, 0.25) is 0 Å². The molecule has 0 aliphatic carbocycles. The summed E-state index contributed by atoms with van der Waals surface area (Å²) in [7, 11) is 2.09. The van der Waals surface area contributed by atoms with Crippen LogP contribution in [0, 0.1) is 0 Å². The van der Waals surface area contributed by atoms with Gasteiger partial charge in [0.25, 0.3) is 5.89 Å². The maximum atomic E-state index is 5.46. The molecule has 1 aromatic carbocycles. The zero-order valence-corrected chi connectivity index (χ0v) is 13.2. The van der Waals surface area contributed by atoms with Crippen molar-refractivity contribution in [2.45, 2.75) is 19.3 Å². The molecule has 1 aromatic heterocycles. The van der Waals surface area contributed by atoms with Crippen molar-refractivity contribution >= 4 is 12.4 Å². The quantitative estimate of drug-likeness (QED) is 0.909. The van der Waals surface area contributed by atoms with Gasteiger partial charge in [-0.1, -0.05) is 11.2 Å². The molecule has 4 rings (SSSR count). The first-order valence-electron chi connectivity index (χ1n) is 7.26. The second kappa shape index (κ2) is 6.34. The highest BCUT2D eigenvalue weighted by Crippen LogP contribution is 2.27. The number of halogens is 1. The number of hydrogen-bond donors (Lipinski definition) is 1. The van der Waals surface area contributed by atoms with Crippen molar-refractivity contribution in [2.75, 3.05) is 26.7 Å². The van der Waals surface area contributed by atoms with Crippen LogP contribution < -0.4 is 5.32 Å². The van der Waals surface area contributed by atoms with Crippen LogP contribution >= 0.6 is 12.4 Å². The number of piperazine rings is 1. The lowest BCUT2D eigenvalue weighted by Crippen LogP contribution is -2.44. The minimum atomic E-state index is 0. The zero-order valence-electron chi connectivity index (χ0n) is 12.4. The number of ether oxygens (including phenoxy) is 1. The smallest absolute Gasteiger partial charge is 0.257 e. The van der Waals surface area contributed by atoms with Gasteiger partial charge in [-0.3, -0.25) is 4.90 Å². The summed E-state index contributed by atoms with van der Waals surface area (Å²) in [5.41, 5.74) is 3.42. The third kappa shape index (κ3) is 2.75. The molecule has 22 heavy (non-hydrogen) atoms. The van der Waals surface area contributed by atoms with E-state index < -0.39 is 0 Å². The maximum absolute atomic E-state index is 5.46. The van der Waals surface area contributed by atoms with Crippen molar-refractivity contribution in [3.8, 4) is 11.5 Å². The Morgan fingerprint density at radius 1 is 1.27 bits per heavy atom. The van der Waals surface area contributed by atoms with E-state index in [0.29, 0.717) is 19.1 Å². The van der Waals surface area contributed by atoms with Crippen LogP contribution in [-0.4, -0.2) is 41.7 Å². The molecule has 2 aliphatic rings. The predicted octanol–water partition coefficient (Wildman–Crippen LogP) is 1.76. The summed E-state index contributed by atoms with van der Waals surface area (Å²) in [4.78, 5) is 6.83. The average molecular weight is 323 g/mol. The Balaban J connectivity index is 0.00000144. The van der Waals surface area contributed by atoms with Gasteiger partial charge in [0.1, 0.15) is 0 Å². The van der Waals surface area contributed by atoms with E-state index in [1.807, 2.05) is 6.07 Å². The van der Waals surface area contributed by atoms with Gasteiger partial charge < -0.3 is 14.6 Å². The fourth-order valence-corrected chi connectivity index (χ4v) is 2.89. The van der Waals surface area contributed by atoms with Gasteiger partial charge in [0.05, 0.1) is 19.3 Å². The Morgan fingerprint density at radius 2 is 2.14 bits per heavy atom. The van der Waals surface area contributed by atoms with Gasteiger partial charge in [0.15, 0.2) is 5.82 Å². The summed E-state index contributed by atoms with van der Waals surface area (Å²) in [6.45, 7) is 4.21. The molecular formula is C15H19ClN4O2. The summed E-state index contributed by atoms with van der Waals surface area (Å²) < 4.78 is 10.9. The van der Waals surface area contributed by atoms with Crippen molar-refractivity contribution < 1.29 is 9.26 Å². The molecule has 0 spiro atoms. The Labute approximate surface area is 135 Å². The fourth-order valence-electron chi connectivity index (χ4n) is 2.89. The van der Waals surface area contributed by atoms with E-state index in [0.717, 1.165) is 31.0 Å². The molecule has 2 aliphatic heterocycles. The molecule has 0 amide bonds. The number of fused-ring (bicyclic) bond motifs is 1. The van der Waals surface area contributed by atoms with Crippen molar-refractivity contribution in [3.63, 3.8) is 0 Å². The van der Waals surface area contributed by atoms with Gasteiger partial charge in [-0.15, -0.1) is 12.4 Å². The third-order valence-electron chi connectivity index (χ3n) is 4.22. The molecule has 2 aromatic rings. The van der Waals surface area contributed by atoms with E-state index in [2.05, 4.69) is 39.5 Å². The first kappa shape index (κ1) is 15.4. The number of hydrogen-bond acceptors (Lipinski definition) is 6. The highest BCUT2D eigenvalue weighted by molar-refractivity contribution is 5.85. The van der Waals surface area contributed by atoms with Gasteiger partial charge >= 0.3 is 0 Å². The normalized spacial score (nSPS) is 21.4. The van der Waals surface area contributed by atoms with Gasteiger partial charge in [0, 0.05) is 25.2 Å². The van der Waals surface area contributed by atoms with Crippen LogP contribution in [-0.2, 0) is 18.0 Å². The summed E-state index contributed by atoms with van der Waals surface area (Å²) in [5.74, 6) is 1.33. The summed E-state index contributed by atoms with van der Waals surface area (Å²) in [5, 5.41) is 7.53. The maximum Gasteiger partial charge on any atom is 0.257 e. The summed E-state index contributed by atoms with van der Waals surface area (Å²) in [6.07, 6.45) is 0. The number of rotatable bonds is 2. The zero-order chi connectivity index (χ0) is 14.2. The van der Waals surface area contributed by atoms with Crippen LogP contribution in [0.5, 0.6) is 0 Å². The molecule has 1 saturated heterocycles. The number of nitrogens with zero attached hydrogens (tertiary/aromatic N) is 3. The van der Waals surface area contributed by atoms with Gasteiger partial charge in [-0.05, 0) is 30.3 Å². The second-order valence-electron chi connectivity index (χ2n) is 5.63. The lowest BCUT2D eigenvalue weighted by atomic mass is 10.1. The Morgan fingerprint density at radius 3 is 3.00 bits per heavy atom. The van der Waals surface area contributed by atoms with Crippen molar-refractivity contribution in [1.29, 1.82) is 0 Å². The van der Waals surface area contributed by atoms with E-state index in [1.54, 1.807) is 0 Å². The average Bonchev–Trinajstić information content (AvgIpc) is 3.16. The summed E-state index contributed by atoms with van der Waals surface area (Å²) in [6, 6.07) is 6.36. The van der Waals surface area contributed by atoms with E-state index in [4.69, 9.17) is 9.26 Å². The molecule has 0 radical (unpaired) electrons. The first-order valence-corrected chi connectivity index (χ1v) is 7.26. The molecule has 1 N–H and O–H groups in total. The van der Waals surface area contributed by atoms with Gasteiger partial charge in [-0.2, -0.15) is 4.98 Å². The predicted molar refractivity (Wildman–Crippen MR) is 83.7 cm³/mol. The van der Waals surface area contributed by atoms with E-state index in [1.165, 1.54) is 11.1 Å². The number of aromatic nitrogens is 2. The van der Waals surface area contributed by atoms with Crippen molar-refractivity contribution in [3.05, 3.63) is 35.2 Å². The van der Waals surface area contributed by atoms with E-state index >= 15 is 0 Å². The molecule has 1 atom stereocenters. The molecule has 1 fully saturated rings. The largest absolute Gasteiger partial charge is 0.372 e. The Hall–Kier alpha value is -1.47. The first-order chi connectivity index (χ1) is 10.3. The second-order valence-corrected chi connectivity index (χ2v) is 5.63. The van der Waals surface area contributed by atoms with Crippen LogP contribution in [0.2, 0.25) is 0 Å². The number of nitrogens with one attached hydrogen (secondary N) is 1. The van der Waals surface area contributed by atoms with Crippen LogP contribution in [0.3, 0.4) is 0 Å². The molecule has 6 nitrogen and oxygen atoms in total. The molecule has 1 unspecified atom stereocenters. The highest BCUT2D eigenvalue weighted by atomic mass is 35.5. The van der Waals surface area contributed by atoms with Gasteiger partial charge in [-0.25, -0.2) is 0 Å². The van der Waals surface area contributed by atoms with E-state index in [9.17, 15) is 0 Å². The monoisotopic (exact) mass is 322 g/mol. The number of likely N-dealkylation sites (N-methyl/N-ethyl adjacent to an activating group) is 1. The molecule has 7 heteroatoms. The lowest BCUT2D eigenvalue weighted by Gasteiger charge is -2.30. The SMILES string of the molecule is CN1CCNCC1c1noc(-c2ccc3c(c2)COC3)n1.Cl. The van der Waals surface area contributed by atoms with Crippen LogP contribution in [0.15, 0.2) is 22.7 Å². The lowest BCUT2D eigenvalue weighted by molar-refractivity contribution is 0.134. The van der Waals surface area contributed by atoms with Crippen molar-refractivity contribution in [2.24, 2.45) is 0 Å². The standard InChI is InChI=1S/C15H18N4O2.ClH/c1-19-5-4-16-7-13(19)14-17-15(21-18-14)10-2-3-11-8-20-9-12(11)6-10;/h2-3,6,13,16H,4-5,7-9H2,1H3;1H. The molecule has 3 heterocycles. The third-order valence-corrected chi connectivity index (χ3v) is 4.22. The van der Waals surface area contributed by atoms with Crippen LogP contribution in [0.25, 0.3) is 11.5 Å². The minimum Gasteiger partial charge on any atom is -0.372 e. The molecule has 0 bridgehead atoms. The number of benzene rings is 1. The van der Waals surface area contributed by atoms with E-state index in [-0.39, 0.29) is 18.4 Å². The molecule has 0 saturated carbocycles. The molecular weight excluding hydrogens is 304 g/mol. The topological polar surface area (TPSA) is 63.4 Å². The molecule has 118 valence electrons. The summed E-state index contributed by atoms with van der Waals surface area (Å²) >= 11 is 0. The van der Waals surface area contributed by atoms with Crippen LogP contribution in [0.1, 0.15) is 23.0 Å². The van der Waals surface area contributed by atoms with Crippen LogP contribution in [0.4, 0.5) is 0 Å². The Kier molecular flexibility index (Phi) is 4.44. The minimum absolute atomic E-state index is 0. The highest BCUT2D eigenvalue weighted by Gasteiger charge is 2.25. The Bertz CT molecular complexity index is 661. The van der Waals surface area contributed by atoms with Crippen molar-refractivity contribution in [1.82, 2.24) is 20.4 Å².